The monoisotopic (exact) mass is 609 g/mol. The van der Waals surface area contributed by atoms with Crippen molar-refractivity contribution in [3.63, 3.8) is 0 Å². The molecule has 0 amide bonds. The molecule has 10 rings (SSSR count). The molecule has 0 spiro atoms. The van der Waals surface area contributed by atoms with Crippen molar-refractivity contribution in [2.45, 2.75) is 0 Å². The number of benzene rings is 7. The zero-order valence-electron chi connectivity index (χ0n) is 25.9. The van der Waals surface area contributed by atoms with Gasteiger partial charge in [-0.25, -0.2) is 15.0 Å². The van der Waals surface area contributed by atoms with Crippen LogP contribution in [0.15, 0.2) is 164 Å². The van der Waals surface area contributed by atoms with Crippen LogP contribution in [0.3, 0.4) is 0 Å². The number of pyridine rings is 3. The highest BCUT2D eigenvalue weighted by Crippen LogP contribution is 2.37. The molecule has 3 heterocycles. The Bertz CT molecular complexity index is 2910. The van der Waals surface area contributed by atoms with Crippen molar-refractivity contribution in [3.05, 3.63) is 164 Å². The fourth-order valence-corrected chi connectivity index (χ4v) is 7.13. The van der Waals surface area contributed by atoms with Crippen LogP contribution in [0.2, 0.25) is 0 Å². The van der Waals surface area contributed by atoms with Crippen LogP contribution in [-0.2, 0) is 0 Å². The van der Waals surface area contributed by atoms with Gasteiger partial charge in [-0.15, -0.1) is 0 Å². The largest absolute Gasteiger partial charge is 0.248 e. The molecule has 0 saturated heterocycles. The van der Waals surface area contributed by atoms with Gasteiger partial charge in [-0.05, 0) is 98.0 Å². The summed E-state index contributed by atoms with van der Waals surface area (Å²) in [6.07, 6.45) is 0. The van der Waals surface area contributed by atoms with Gasteiger partial charge >= 0.3 is 0 Å². The van der Waals surface area contributed by atoms with Crippen molar-refractivity contribution in [1.82, 2.24) is 15.0 Å². The highest BCUT2D eigenvalue weighted by Gasteiger charge is 2.13. The molecule has 0 aliphatic rings. The highest BCUT2D eigenvalue weighted by atomic mass is 14.8. The van der Waals surface area contributed by atoms with Gasteiger partial charge in [-0.3, -0.25) is 0 Å². The number of fused-ring (bicyclic) bond motifs is 6. The predicted molar refractivity (Wildman–Crippen MR) is 201 cm³/mol. The Morgan fingerprint density at radius 2 is 0.729 bits per heavy atom. The molecule has 0 N–H and O–H groups in total. The Hall–Kier alpha value is -6.45. The highest BCUT2D eigenvalue weighted by molar-refractivity contribution is 6.06. The summed E-state index contributed by atoms with van der Waals surface area (Å²) in [5, 5.41) is 10.6. The van der Waals surface area contributed by atoms with Gasteiger partial charge in [0.05, 0.1) is 33.6 Å². The van der Waals surface area contributed by atoms with E-state index in [9.17, 15) is 0 Å². The third kappa shape index (κ3) is 4.40. The normalized spacial score (nSPS) is 11.8. The van der Waals surface area contributed by atoms with Crippen molar-refractivity contribution in [2.75, 3.05) is 0 Å². The van der Waals surface area contributed by atoms with Gasteiger partial charge in [-0.2, -0.15) is 0 Å². The molecular weight excluding hydrogens is 583 g/mol. The summed E-state index contributed by atoms with van der Waals surface area (Å²) in [5.41, 5.74) is 9.14. The van der Waals surface area contributed by atoms with E-state index in [1.807, 2.05) is 0 Å². The summed E-state index contributed by atoms with van der Waals surface area (Å²) in [6.45, 7) is 0. The zero-order chi connectivity index (χ0) is 31.6. The van der Waals surface area contributed by atoms with Crippen LogP contribution in [0.25, 0.3) is 98.8 Å². The first kappa shape index (κ1) is 26.7. The summed E-state index contributed by atoms with van der Waals surface area (Å²) < 4.78 is 0. The Kier molecular flexibility index (Phi) is 5.87. The molecule has 0 aliphatic heterocycles. The second kappa shape index (κ2) is 10.5. The topological polar surface area (TPSA) is 38.7 Å². The molecule has 3 aromatic heterocycles. The molecule has 0 atom stereocenters. The van der Waals surface area contributed by atoms with Gasteiger partial charge in [0, 0.05) is 21.7 Å². The molecule has 0 aliphatic carbocycles. The van der Waals surface area contributed by atoms with E-state index < -0.39 is 0 Å². The summed E-state index contributed by atoms with van der Waals surface area (Å²) in [6, 6.07) is 58.1. The van der Waals surface area contributed by atoms with E-state index in [0.29, 0.717) is 0 Å². The first-order chi connectivity index (χ1) is 23.7. The molecule has 3 heteroatoms. The molecular formula is C45H27N3. The molecule has 0 bridgehead atoms. The lowest BCUT2D eigenvalue weighted by Gasteiger charge is -2.13. The number of aromatic nitrogens is 3. The van der Waals surface area contributed by atoms with Crippen LogP contribution in [0.4, 0.5) is 0 Å². The molecule has 0 radical (unpaired) electrons. The SMILES string of the molecule is c1ccc2cc3nc(-c4ccc5cc(-c6ccc(-c7ccc8cc9ccccc9cc8n7)c7ccccc67)ccc5n4)ccc3cc2c1. The van der Waals surface area contributed by atoms with E-state index in [-0.39, 0.29) is 0 Å². The average molecular weight is 610 g/mol. The van der Waals surface area contributed by atoms with Gasteiger partial charge in [0.2, 0.25) is 0 Å². The zero-order valence-corrected chi connectivity index (χ0v) is 25.9. The maximum absolute atomic E-state index is 5.14. The van der Waals surface area contributed by atoms with Crippen molar-refractivity contribution in [3.8, 4) is 33.8 Å². The second-order valence-electron chi connectivity index (χ2n) is 12.5. The van der Waals surface area contributed by atoms with Crippen LogP contribution >= 0.6 is 0 Å². The number of nitrogens with zero attached hydrogens (tertiary/aromatic N) is 3. The first-order valence-corrected chi connectivity index (χ1v) is 16.3. The fourth-order valence-electron chi connectivity index (χ4n) is 7.13. The Morgan fingerprint density at radius 1 is 0.271 bits per heavy atom. The molecule has 0 saturated carbocycles. The number of rotatable bonds is 3. The van der Waals surface area contributed by atoms with E-state index in [2.05, 4.69) is 164 Å². The molecule has 222 valence electrons. The lowest BCUT2D eigenvalue weighted by Crippen LogP contribution is -1.91. The van der Waals surface area contributed by atoms with Crippen LogP contribution in [0.5, 0.6) is 0 Å². The quantitative estimate of drug-likeness (QED) is 0.187. The lowest BCUT2D eigenvalue weighted by molar-refractivity contribution is 1.32. The van der Waals surface area contributed by atoms with E-state index in [0.717, 1.165) is 60.9 Å². The minimum atomic E-state index is 0.871. The van der Waals surface area contributed by atoms with Gasteiger partial charge in [0.15, 0.2) is 0 Å². The maximum Gasteiger partial charge on any atom is 0.0894 e. The molecule has 7 aromatic carbocycles. The van der Waals surface area contributed by atoms with Crippen LogP contribution in [-0.4, -0.2) is 15.0 Å². The molecule has 48 heavy (non-hydrogen) atoms. The van der Waals surface area contributed by atoms with Crippen molar-refractivity contribution < 1.29 is 0 Å². The smallest absolute Gasteiger partial charge is 0.0894 e. The van der Waals surface area contributed by atoms with E-state index in [1.54, 1.807) is 0 Å². The third-order valence-electron chi connectivity index (χ3n) is 9.58. The maximum atomic E-state index is 5.14. The standard InChI is InChI=1S/C45H27N3/c1-3-9-30-26-44-34(23-28(30)7-1)14-20-41(47-44)39-18-17-36(37-11-5-6-12-38(37)39)32-13-19-40-33(25-32)15-21-42(46-40)43-22-16-35-24-29-8-2-4-10-31(29)27-45(35)48-43/h1-27H. The van der Waals surface area contributed by atoms with Crippen molar-refractivity contribution >= 4 is 65.0 Å². The Morgan fingerprint density at radius 3 is 1.35 bits per heavy atom. The number of hydrogen-bond donors (Lipinski definition) is 0. The average Bonchev–Trinajstić information content (AvgIpc) is 3.15. The lowest BCUT2D eigenvalue weighted by atomic mass is 9.93. The van der Waals surface area contributed by atoms with Crippen LogP contribution in [0, 0.1) is 0 Å². The fraction of sp³-hybridized carbons (Fsp3) is 0. The Balaban J connectivity index is 1.03. The summed E-state index contributed by atoms with van der Waals surface area (Å²) in [7, 11) is 0. The third-order valence-corrected chi connectivity index (χ3v) is 9.58. The minimum Gasteiger partial charge on any atom is -0.248 e. The summed E-state index contributed by atoms with van der Waals surface area (Å²) in [5.74, 6) is 0. The van der Waals surface area contributed by atoms with Crippen molar-refractivity contribution in [2.24, 2.45) is 0 Å². The predicted octanol–water partition coefficient (Wildman–Crippen LogP) is 11.8. The van der Waals surface area contributed by atoms with Gasteiger partial charge < -0.3 is 0 Å². The summed E-state index contributed by atoms with van der Waals surface area (Å²) >= 11 is 0. The summed E-state index contributed by atoms with van der Waals surface area (Å²) in [4.78, 5) is 15.2. The molecule has 3 nitrogen and oxygen atoms in total. The molecule has 10 aromatic rings. The van der Waals surface area contributed by atoms with Gasteiger partial charge in [0.25, 0.3) is 0 Å². The van der Waals surface area contributed by atoms with E-state index in [4.69, 9.17) is 15.0 Å². The van der Waals surface area contributed by atoms with E-state index >= 15 is 0 Å². The molecule has 0 fully saturated rings. The van der Waals surface area contributed by atoms with Gasteiger partial charge in [-0.1, -0.05) is 109 Å². The Labute approximate surface area is 276 Å². The first-order valence-electron chi connectivity index (χ1n) is 16.3. The number of hydrogen-bond acceptors (Lipinski definition) is 3. The molecule has 0 unspecified atom stereocenters. The van der Waals surface area contributed by atoms with Crippen molar-refractivity contribution in [1.29, 1.82) is 0 Å². The van der Waals surface area contributed by atoms with Crippen LogP contribution < -0.4 is 0 Å². The van der Waals surface area contributed by atoms with E-state index in [1.165, 1.54) is 37.9 Å². The van der Waals surface area contributed by atoms with Crippen LogP contribution in [0.1, 0.15) is 0 Å². The van der Waals surface area contributed by atoms with Gasteiger partial charge in [0.1, 0.15) is 0 Å². The minimum absolute atomic E-state index is 0.871. The second-order valence-corrected chi connectivity index (χ2v) is 12.5.